The van der Waals surface area contributed by atoms with Crippen molar-refractivity contribution in [1.82, 2.24) is 9.80 Å². The molecule has 0 aromatic heterocycles. The van der Waals surface area contributed by atoms with Gasteiger partial charge in [0, 0.05) is 30.8 Å². The van der Waals surface area contributed by atoms with Crippen LogP contribution in [0.3, 0.4) is 0 Å². The number of fused-ring (bicyclic) bond motifs is 1. The Morgan fingerprint density at radius 1 is 1.34 bits per heavy atom. The van der Waals surface area contributed by atoms with Crippen LogP contribution in [0.15, 0.2) is 53.4 Å². The van der Waals surface area contributed by atoms with Crippen molar-refractivity contribution in [3.8, 4) is 6.07 Å². The number of halogens is 1. The summed E-state index contributed by atoms with van der Waals surface area (Å²) < 4.78 is 19.8. The summed E-state index contributed by atoms with van der Waals surface area (Å²) in [6.45, 7) is 1.14. The molecule has 5 nitrogen and oxygen atoms in total. The molecule has 1 saturated carbocycles. The van der Waals surface area contributed by atoms with Crippen molar-refractivity contribution in [3.05, 3.63) is 64.8 Å². The molecule has 0 N–H and O–H groups in total. The maximum Gasteiger partial charge on any atom is 0.169 e. The first kappa shape index (κ1) is 19.6. The molecule has 0 radical (unpaired) electrons. The average Bonchev–Trinajstić information content (AvgIpc) is 3.52. The van der Waals surface area contributed by atoms with Crippen molar-refractivity contribution >= 4 is 11.4 Å². The number of allylic oxidation sites excluding steroid dienone is 4. The Morgan fingerprint density at radius 3 is 2.79 bits per heavy atom. The number of hydrogen-bond donors (Lipinski definition) is 0. The van der Waals surface area contributed by atoms with Crippen LogP contribution in [0.1, 0.15) is 24.8 Å². The molecule has 1 aromatic carbocycles. The number of Topliss-reactive ketones (excluding diaryl/α,β-unsaturated/α-hetero) is 1. The van der Waals surface area contributed by atoms with Crippen LogP contribution in [-0.2, 0) is 9.53 Å². The Kier molecular flexibility index (Phi) is 5.35. The lowest BCUT2D eigenvalue weighted by Gasteiger charge is -2.34. The minimum Gasteiger partial charge on any atom is -0.365 e. The molecule has 0 spiro atoms. The number of ether oxygens (including phenoxy) is 1. The molecule has 0 saturated heterocycles. The number of carbonyl (C=O) groups excluding carboxylic acids is 1. The molecule has 29 heavy (non-hydrogen) atoms. The third-order valence-electron chi connectivity index (χ3n) is 5.40. The highest BCUT2D eigenvalue weighted by molar-refractivity contribution is 5.98. The summed E-state index contributed by atoms with van der Waals surface area (Å²) >= 11 is 0. The minimum atomic E-state index is -0.655. The predicted molar refractivity (Wildman–Crippen MR) is 108 cm³/mol. The smallest absolute Gasteiger partial charge is 0.169 e. The molecule has 1 heterocycles. The molecule has 4 rings (SSSR count). The zero-order chi connectivity index (χ0) is 20.5. The molecular formula is C23H24FN3O2. The van der Waals surface area contributed by atoms with E-state index < -0.39 is 6.10 Å². The maximum absolute atomic E-state index is 14.0. The van der Waals surface area contributed by atoms with Gasteiger partial charge >= 0.3 is 0 Å². The molecule has 3 aliphatic rings. The van der Waals surface area contributed by atoms with Crippen molar-refractivity contribution in [1.29, 1.82) is 5.26 Å². The zero-order valence-corrected chi connectivity index (χ0v) is 16.7. The highest BCUT2D eigenvalue weighted by atomic mass is 19.1. The number of nitrogens with zero attached hydrogens (tertiary/aromatic N) is 3. The van der Waals surface area contributed by atoms with E-state index in [1.54, 1.807) is 12.1 Å². The molecule has 0 bridgehead atoms. The Labute approximate surface area is 170 Å². The van der Waals surface area contributed by atoms with Gasteiger partial charge in [-0.15, -0.1) is 0 Å². The maximum atomic E-state index is 14.0. The normalized spacial score (nSPS) is 21.7. The van der Waals surface area contributed by atoms with Gasteiger partial charge in [-0.2, -0.15) is 5.26 Å². The average molecular weight is 393 g/mol. The molecule has 150 valence electrons. The van der Waals surface area contributed by atoms with E-state index in [1.165, 1.54) is 12.1 Å². The standard InChI is InChI=1S/C23H24FN3O2/c1-26(2)8-9-29-22-12-19-16(11-21(22)28)14-27(18-6-7-18)20(13-25)23(19)15-4-3-5-17(24)10-15/h3-5,10,12,14,18,22H,6-9,11H2,1-2H3. The van der Waals surface area contributed by atoms with Crippen molar-refractivity contribution in [2.45, 2.75) is 31.4 Å². The van der Waals surface area contributed by atoms with Crippen LogP contribution in [0.25, 0.3) is 5.57 Å². The van der Waals surface area contributed by atoms with Gasteiger partial charge in [-0.3, -0.25) is 4.79 Å². The lowest BCUT2D eigenvalue weighted by atomic mass is 9.81. The van der Waals surface area contributed by atoms with Gasteiger partial charge in [-0.1, -0.05) is 12.1 Å². The fourth-order valence-corrected chi connectivity index (χ4v) is 3.78. The second-order valence-electron chi connectivity index (χ2n) is 7.96. The third kappa shape index (κ3) is 4.02. The molecule has 1 atom stereocenters. The molecular weight excluding hydrogens is 369 g/mol. The van der Waals surface area contributed by atoms with E-state index in [0.29, 0.717) is 30.0 Å². The molecule has 1 fully saturated rings. The first-order chi connectivity index (χ1) is 14.0. The number of hydrogen-bond acceptors (Lipinski definition) is 5. The van der Waals surface area contributed by atoms with Gasteiger partial charge in [0.1, 0.15) is 23.7 Å². The predicted octanol–water partition coefficient (Wildman–Crippen LogP) is 3.27. The van der Waals surface area contributed by atoms with E-state index in [4.69, 9.17) is 4.74 Å². The van der Waals surface area contributed by atoms with Crippen molar-refractivity contribution in [2.75, 3.05) is 27.2 Å². The molecule has 1 aliphatic heterocycles. The van der Waals surface area contributed by atoms with Gasteiger partial charge in [-0.25, -0.2) is 4.39 Å². The van der Waals surface area contributed by atoms with E-state index in [2.05, 4.69) is 6.07 Å². The summed E-state index contributed by atoms with van der Waals surface area (Å²) in [7, 11) is 3.89. The van der Waals surface area contributed by atoms with E-state index >= 15 is 0 Å². The second kappa shape index (κ2) is 7.94. The highest BCUT2D eigenvalue weighted by Crippen LogP contribution is 2.44. The number of rotatable bonds is 6. The van der Waals surface area contributed by atoms with Crippen LogP contribution in [-0.4, -0.2) is 55.0 Å². The van der Waals surface area contributed by atoms with E-state index in [-0.39, 0.29) is 24.1 Å². The SMILES string of the molecule is CN(C)CCOC1C=C2C(=CN(C3CC3)C(C#N)=C2c2cccc(F)c2)CC1=O. The van der Waals surface area contributed by atoms with Crippen LogP contribution < -0.4 is 0 Å². The Morgan fingerprint density at radius 2 is 2.14 bits per heavy atom. The summed E-state index contributed by atoms with van der Waals surface area (Å²) in [6.07, 6.45) is 5.34. The van der Waals surface area contributed by atoms with Gasteiger partial charge in [0.2, 0.25) is 0 Å². The van der Waals surface area contributed by atoms with E-state index in [1.807, 2.05) is 36.2 Å². The van der Waals surface area contributed by atoms with E-state index in [9.17, 15) is 14.4 Å². The fourth-order valence-electron chi connectivity index (χ4n) is 3.78. The molecule has 2 aliphatic carbocycles. The van der Waals surface area contributed by atoms with Gasteiger partial charge in [0.05, 0.1) is 6.61 Å². The first-order valence-electron chi connectivity index (χ1n) is 9.89. The summed E-state index contributed by atoms with van der Waals surface area (Å²) in [6, 6.07) is 8.88. The largest absolute Gasteiger partial charge is 0.365 e. The van der Waals surface area contributed by atoms with Crippen molar-refractivity contribution in [3.63, 3.8) is 0 Å². The van der Waals surface area contributed by atoms with E-state index in [0.717, 1.165) is 24.0 Å². The van der Waals surface area contributed by atoms with Crippen molar-refractivity contribution < 1.29 is 13.9 Å². The monoisotopic (exact) mass is 393 g/mol. The lowest BCUT2D eigenvalue weighted by molar-refractivity contribution is -0.127. The van der Waals surface area contributed by atoms with Gasteiger partial charge in [0.15, 0.2) is 5.78 Å². The van der Waals surface area contributed by atoms with Crippen LogP contribution >= 0.6 is 0 Å². The number of nitriles is 1. The highest BCUT2D eigenvalue weighted by Gasteiger charge is 2.38. The number of likely N-dealkylation sites (N-methyl/N-ethyl adjacent to an activating group) is 1. The summed E-state index contributed by atoms with van der Waals surface area (Å²) in [5, 5.41) is 9.95. The topological polar surface area (TPSA) is 56.6 Å². The molecule has 1 aromatic rings. The summed E-state index contributed by atoms with van der Waals surface area (Å²) in [5.74, 6) is -0.346. The number of carbonyl (C=O) groups is 1. The molecule has 0 amide bonds. The van der Waals surface area contributed by atoms with Crippen LogP contribution in [0, 0.1) is 17.1 Å². The number of benzene rings is 1. The second-order valence-corrected chi connectivity index (χ2v) is 7.96. The van der Waals surface area contributed by atoms with Crippen molar-refractivity contribution in [2.24, 2.45) is 0 Å². The Bertz CT molecular complexity index is 967. The fraction of sp³-hybridized carbons (Fsp3) is 0.391. The Hall–Kier alpha value is -2.75. The van der Waals surface area contributed by atoms with Gasteiger partial charge in [0.25, 0.3) is 0 Å². The van der Waals surface area contributed by atoms with Gasteiger partial charge in [-0.05, 0) is 61.9 Å². The number of ketones is 1. The molecule has 6 heteroatoms. The zero-order valence-electron chi connectivity index (χ0n) is 16.7. The summed E-state index contributed by atoms with van der Waals surface area (Å²) in [4.78, 5) is 16.6. The van der Waals surface area contributed by atoms with Crippen LogP contribution in [0.4, 0.5) is 4.39 Å². The van der Waals surface area contributed by atoms with Crippen LogP contribution in [0.2, 0.25) is 0 Å². The molecule has 1 unspecified atom stereocenters. The van der Waals surface area contributed by atoms with Crippen LogP contribution in [0.5, 0.6) is 0 Å². The minimum absolute atomic E-state index is 0.00787. The lowest BCUT2D eigenvalue weighted by Crippen LogP contribution is -2.33. The quantitative estimate of drug-likeness (QED) is 0.743. The van der Waals surface area contributed by atoms with Gasteiger partial charge < -0.3 is 14.5 Å². The first-order valence-corrected chi connectivity index (χ1v) is 9.89. The summed E-state index contributed by atoms with van der Waals surface area (Å²) in [5.41, 5.74) is 3.51. The third-order valence-corrected chi connectivity index (χ3v) is 5.40. The Balaban J connectivity index is 1.77.